The second-order valence-electron chi connectivity index (χ2n) is 7.27. The molecule has 0 aliphatic heterocycles. The van der Waals surface area contributed by atoms with Gasteiger partial charge in [-0.25, -0.2) is 0 Å². The van der Waals surface area contributed by atoms with Crippen LogP contribution >= 0.6 is 0 Å². The number of hydrogen-bond acceptors (Lipinski definition) is 5. The summed E-state index contributed by atoms with van der Waals surface area (Å²) < 4.78 is 30.3. The Morgan fingerprint density at radius 3 is 2.30 bits per heavy atom. The third-order valence-corrected chi connectivity index (χ3v) is 6.48. The Hall–Kier alpha value is -0.890. The Morgan fingerprint density at radius 1 is 1.03 bits per heavy atom. The Bertz CT molecular complexity index is 682. The Morgan fingerprint density at radius 2 is 1.67 bits per heavy atom. The van der Waals surface area contributed by atoms with E-state index < -0.39 is 15.4 Å². The molecule has 1 atom stereocenters. The quantitative estimate of drug-likeness (QED) is 0.169. The molecule has 1 N–H and O–H groups in total. The van der Waals surface area contributed by atoms with Crippen LogP contribution in [-0.2, 0) is 19.7 Å². The van der Waals surface area contributed by atoms with Crippen LogP contribution in [0.25, 0.3) is 0 Å². The summed E-state index contributed by atoms with van der Waals surface area (Å²) in [6.07, 6.45) is 9.68. The molecule has 0 aliphatic rings. The number of amides is 1. The van der Waals surface area contributed by atoms with Crippen LogP contribution < -0.4 is 9.50 Å². The van der Waals surface area contributed by atoms with Crippen LogP contribution in [0.3, 0.4) is 0 Å². The van der Waals surface area contributed by atoms with Gasteiger partial charge in [-0.3, -0.25) is 4.79 Å². The molecular weight excluding hydrogens is 413 g/mol. The second kappa shape index (κ2) is 17.8. The summed E-state index contributed by atoms with van der Waals surface area (Å²) >= 11 is 0. The molecule has 6 nitrogen and oxygen atoms in total. The van der Waals surface area contributed by atoms with Gasteiger partial charge >= 0.3 is 39.7 Å². The molecule has 0 aromatic heterocycles. The first kappa shape index (κ1) is 29.1. The summed E-state index contributed by atoms with van der Waals surface area (Å²) in [5, 5.41) is 1.95. The monoisotopic (exact) mass is 449 g/mol. The van der Waals surface area contributed by atoms with E-state index in [1.165, 1.54) is 25.7 Å². The molecule has 0 bridgehead atoms. The van der Waals surface area contributed by atoms with Crippen molar-refractivity contribution in [1.29, 1.82) is 0 Å². The van der Waals surface area contributed by atoms with Gasteiger partial charge in [0.1, 0.15) is 12.0 Å². The van der Waals surface area contributed by atoms with E-state index in [1.54, 1.807) is 30.3 Å². The maximum absolute atomic E-state index is 12.5. The summed E-state index contributed by atoms with van der Waals surface area (Å²) in [6, 6.07) is 8.28. The third kappa shape index (κ3) is 13.4. The van der Waals surface area contributed by atoms with Crippen molar-refractivity contribution in [2.75, 3.05) is 6.54 Å². The first-order valence-electron chi connectivity index (χ1n) is 10.7. The van der Waals surface area contributed by atoms with Crippen LogP contribution in [0.4, 0.5) is 0 Å². The van der Waals surface area contributed by atoms with Gasteiger partial charge < -0.3 is 14.3 Å². The number of carbonyl (C=O) groups excluding carboxylic acids is 2. The second-order valence-corrected chi connectivity index (χ2v) is 9.08. The normalized spacial score (nSPS) is 11.9. The summed E-state index contributed by atoms with van der Waals surface area (Å²) in [7, 11) is -3.89. The number of hydrogen-bond donors (Lipinski definition) is 1. The van der Waals surface area contributed by atoms with Crippen LogP contribution in [-0.4, -0.2) is 62.0 Å². The van der Waals surface area contributed by atoms with Gasteiger partial charge in [-0.05, 0) is 31.4 Å². The van der Waals surface area contributed by atoms with E-state index in [4.69, 9.17) is 4.18 Å². The molecule has 1 aromatic rings. The van der Waals surface area contributed by atoms with Gasteiger partial charge in [0.15, 0.2) is 0 Å². The Kier molecular flexibility index (Phi) is 17.2. The number of rotatable bonds is 17. The average molecular weight is 450 g/mol. The fourth-order valence-electron chi connectivity index (χ4n) is 3.07. The fraction of sp³-hybridized carbons (Fsp3) is 0.636. The van der Waals surface area contributed by atoms with Crippen LogP contribution in [0, 0.1) is 0 Å². The van der Waals surface area contributed by atoms with Gasteiger partial charge in [0.25, 0.3) is 0 Å². The van der Waals surface area contributed by atoms with Gasteiger partial charge in [0, 0.05) is 19.4 Å². The SMILES string of the molecule is CCCCCCCCCC(=O)NCCC(CCC=O)S(=O)(=O)Oc1ccccc1.[NaH]. The molecule has 0 fully saturated rings. The van der Waals surface area contributed by atoms with Crippen molar-refractivity contribution in [1.82, 2.24) is 5.32 Å². The Balaban J connectivity index is 0.00000841. The van der Waals surface area contributed by atoms with Crippen LogP contribution in [0.1, 0.15) is 77.6 Å². The molecule has 0 spiro atoms. The molecule has 1 amide bonds. The molecule has 1 rings (SSSR count). The molecule has 30 heavy (non-hydrogen) atoms. The fourth-order valence-corrected chi connectivity index (χ4v) is 4.42. The first-order chi connectivity index (χ1) is 14.0. The Labute approximate surface area is 204 Å². The summed E-state index contributed by atoms with van der Waals surface area (Å²) in [5.41, 5.74) is 0. The van der Waals surface area contributed by atoms with Crippen molar-refractivity contribution in [3.05, 3.63) is 30.3 Å². The standard InChI is InChI=1S/C22H35NO5S.Na.H/c1-2-3-4-5-6-7-11-16-22(25)23-18-17-21(15-12-19-24)29(26,27)28-20-13-9-8-10-14-20;;/h8-10,13-14,19,21H,2-7,11-12,15-18H2,1H3,(H,23,25);;. The van der Waals surface area contributed by atoms with E-state index in [1.807, 2.05) is 0 Å². The zero-order valence-corrected chi connectivity index (χ0v) is 18.3. The minimum absolute atomic E-state index is 0. The molecule has 0 heterocycles. The summed E-state index contributed by atoms with van der Waals surface area (Å²) in [5.74, 6) is 0.181. The predicted octanol–water partition coefficient (Wildman–Crippen LogP) is 3.74. The molecule has 8 heteroatoms. The van der Waals surface area contributed by atoms with Gasteiger partial charge in [-0.1, -0.05) is 63.6 Å². The van der Waals surface area contributed by atoms with Crippen molar-refractivity contribution in [3.63, 3.8) is 0 Å². The van der Waals surface area contributed by atoms with E-state index >= 15 is 0 Å². The molecule has 1 aromatic carbocycles. The van der Waals surface area contributed by atoms with Crippen LogP contribution in [0.15, 0.2) is 30.3 Å². The molecule has 0 saturated heterocycles. The number of benzene rings is 1. The molecular formula is C22H36NNaO5S. The van der Waals surface area contributed by atoms with Gasteiger partial charge in [0.05, 0.1) is 5.25 Å². The molecule has 1 unspecified atom stereocenters. The molecule has 0 aliphatic carbocycles. The van der Waals surface area contributed by atoms with Crippen molar-refractivity contribution in [2.45, 2.75) is 82.8 Å². The molecule has 166 valence electrons. The minimum atomic E-state index is -3.89. The van der Waals surface area contributed by atoms with Gasteiger partial charge in [0.2, 0.25) is 5.91 Å². The third-order valence-electron chi connectivity index (χ3n) is 4.77. The summed E-state index contributed by atoms with van der Waals surface area (Å²) in [6.45, 7) is 2.43. The number of carbonyl (C=O) groups is 2. The van der Waals surface area contributed by atoms with Crippen molar-refractivity contribution in [3.8, 4) is 5.75 Å². The van der Waals surface area contributed by atoms with E-state index in [-0.39, 0.29) is 67.0 Å². The van der Waals surface area contributed by atoms with E-state index in [2.05, 4.69) is 12.2 Å². The number of unbranched alkanes of at least 4 members (excludes halogenated alkanes) is 6. The molecule has 0 radical (unpaired) electrons. The van der Waals surface area contributed by atoms with E-state index in [9.17, 15) is 18.0 Å². The van der Waals surface area contributed by atoms with Crippen molar-refractivity contribution >= 4 is 51.9 Å². The topological polar surface area (TPSA) is 89.5 Å². The van der Waals surface area contributed by atoms with Gasteiger partial charge in [-0.15, -0.1) is 0 Å². The summed E-state index contributed by atoms with van der Waals surface area (Å²) in [4.78, 5) is 22.7. The average Bonchev–Trinajstić information content (AvgIpc) is 2.70. The zero-order chi connectivity index (χ0) is 21.4. The van der Waals surface area contributed by atoms with E-state index in [0.29, 0.717) is 12.7 Å². The molecule has 0 saturated carbocycles. The first-order valence-corrected chi connectivity index (χ1v) is 12.2. The van der Waals surface area contributed by atoms with Crippen LogP contribution in [0.2, 0.25) is 0 Å². The number of para-hydroxylation sites is 1. The zero-order valence-electron chi connectivity index (χ0n) is 17.5. The predicted molar refractivity (Wildman–Crippen MR) is 122 cm³/mol. The number of aldehydes is 1. The number of nitrogens with one attached hydrogen (secondary N) is 1. The van der Waals surface area contributed by atoms with Crippen LogP contribution in [0.5, 0.6) is 5.75 Å². The van der Waals surface area contributed by atoms with Gasteiger partial charge in [-0.2, -0.15) is 8.42 Å². The van der Waals surface area contributed by atoms with Crippen molar-refractivity contribution < 1.29 is 22.2 Å². The van der Waals surface area contributed by atoms with Crippen molar-refractivity contribution in [2.24, 2.45) is 0 Å². The maximum atomic E-state index is 12.5. The van der Waals surface area contributed by atoms with E-state index in [0.717, 1.165) is 19.3 Å².